The third kappa shape index (κ3) is 4.01. The minimum absolute atomic E-state index is 0.0495. The molecule has 0 bridgehead atoms. The number of halogens is 2. The molecule has 4 aromatic heterocycles. The largest absolute Gasteiger partial charge is 0.491 e. The van der Waals surface area contributed by atoms with Crippen LogP contribution in [0.15, 0.2) is 24.5 Å². The van der Waals surface area contributed by atoms with Gasteiger partial charge in [0.15, 0.2) is 11.6 Å². The van der Waals surface area contributed by atoms with Gasteiger partial charge in [0.25, 0.3) is 5.88 Å². The van der Waals surface area contributed by atoms with E-state index in [4.69, 9.17) is 26.1 Å². The van der Waals surface area contributed by atoms with Crippen LogP contribution in [0.2, 0.25) is 5.02 Å². The molecule has 0 saturated carbocycles. The van der Waals surface area contributed by atoms with Gasteiger partial charge >= 0.3 is 0 Å². The van der Waals surface area contributed by atoms with Crippen LogP contribution < -0.4 is 9.47 Å². The lowest BCUT2D eigenvalue weighted by Gasteiger charge is -2.32. The Labute approximate surface area is 195 Å². The summed E-state index contributed by atoms with van der Waals surface area (Å²) < 4.78 is 27.1. The molecule has 1 saturated heterocycles. The molecule has 5 heterocycles. The number of H-pyrrole nitrogens is 1. The number of ether oxygens (including phenoxy) is 2. The van der Waals surface area contributed by atoms with Crippen molar-refractivity contribution in [3.05, 3.63) is 35.4 Å². The highest BCUT2D eigenvalue weighted by atomic mass is 35.5. The van der Waals surface area contributed by atoms with E-state index in [1.54, 1.807) is 14.2 Å². The summed E-state index contributed by atoms with van der Waals surface area (Å²) in [5, 5.41) is 0.582. The maximum atomic E-state index is 13.9. The van der Waals surface area contributed by atoms with E-state index in [-0.39, 0.29) is 5.02 Å². The summed E-state index contributed by atoms with van der Waals surface area (Å²) >= 11 is 6.18. The van der Waals surface area contributed by atoms with Gasteiger partial charge in [0.05, 0.1) is 36.6 Å². The second kappa shape index (κ2) is 8.81. The zero-order chi connectivity index (χ0) is 23.1. The predicted octanol–water partition coefficient (Wildman–Crippen LogP) is 3.64. The summed E-state index contributed by atoms with van der Waals surface area (Å²) in [5.41, 5.74) is 3.83. The van der Waals surface area contributed by atoms with E-state index in [0.29, 0.717) is 22.7 Å². The Morgan fingerprint density at radius 2 is 1.91 bits per heavy atom. The van der Waals surface area contributed by atoms with Gasteiger partial charge in [-0.2, -0.15) is 0 Å². The number of likely N-dealkylation sites (N-methyl/N-ethyl adjacent to an activating group) is 1. The van der Waals surface area contributed by atoms with E-state index < -0.39 is 5.82 Å². The molecule has 0 spiro atoms. The van der Waals surface area contributed by atoms with E-state index in [9.17, 15) is 4.39 Å². The van der Waals surface area contributed by atoms with Crippen molar-refractivity contribution in [3.8, 4) is 22.9 Å². The molecule has 0 amide bonds. The van der Waals surface area contributed by atoms with E-state index in [1.807, 2.05) is 12.1 Å². The van der Waals surface area contributed by atoms with Crippen molar-refractivity contribution in [1.82, 2.24) is 29.3 Å². The summed E-state index contributed by atoms with van der Waals surface area (Å²) in [4.78, 5) is 17.0. The van der Waals surface area contributed by atoms with Crippen molar-refractivity contribution < 1.29 is 13.9 Å². The lowest BCUT2D eigenvalue weighted by molar-refractivity contribution is 0.150. The van der Waals surface area contributed by atoms with Gasteiger partial charge in [-0.1, -0.05) is 11.6 Å². The fourth-order valence-corrected chi connectivity index (χ4v) is 4.52. The number of piperazine rings is 1. The summed E-state index contributed by atoms with van der Waals surface area (Å²) in [6, 6.07) is 3.76. The lowest BCUT2D eigenvalue weighted by atomic mass is 10.2. The average Bonchev–Trinajstić information content (AvgIpc) is 3.41. The number of hydrogen-bond donors (Lipinski definition) is 1. The van der Waals surface area contributed by atoms with Crippen molar-refractivity contribution in [1.29, 1.82) is 0 Å². The Morgan fingerprint density at radius 3 is 2.64 bits per heavy atom. The smallest absolute Gasteiger partial charge is 0.257 e. The van der Waals surface area contributed by atoms with Gasteiger partial charge in [-0.15, -0.1) is 0 Å². The maximum absolute atomic E-state index is 13.9. The highest BCUT2D eigenvalue weighted by molar-refractivity contribution is 6.35. The first-order valence-electron chi connectivity index (χ1n) is 10.8. The Hall–Kier alpha value is -2.88. The van der Waals surface area contributed by atoms with Gasteiger partial charge in [0.2, 0.25) is 0 Å². The van der Waals surface area contributed by atoms with Gasteiger partial charge in [-0.25, -0.2) is 14.4 Å². The SMILES string of the molecule is COc1cc2c(nc1OC)c(-c1cc3c(Cl)c(F)cnc3[nH]1)cn2CCN1CCN(C)CC1. The van der Waals surface area contributed by atoms with Gasteiger partial charge in [-0.3, -0.25) is 4.90 Å². The molecule has 4 aromatic rings. The Balaban J connectivity index is 1.58. The maximum Gasteiger partial charge on any atom is 0.257 e. The molecule has 1 aliphatic rings. The third-order valence-electron chi connectivity index (χ3n) is 6.29. The van der Waals surface area contributed by atoms with Crippen LogP contribution in [-0.2, 0) is 6.54 Å². The zero-order valence-electron chi connectivity index (χ0n) is 18.9. The standard InChI is InChI=1S/C23H26ClFN6O2/c1-29-4-6-30(7-5-29)8-9-31-13-15(21-18(31)11-19(32-2)23(28-21)33-3)17-10-14-20(24)16(25)12-26-22(14)27-17/h10-13H,4-9H2,1-3H3,(H,26,27). The van der Waals surface area contributed by atoms with Crippen molar-refractivity contribution in [2.24, 2.45) is 0 Å². The molecule has 5 rings (SSSR count). The van der Waals surface area contributed by atoms with Crippen LogP contribution >= 0.6 is 11.6 Å². The summed E-state index contributed by atoms with van der Waals surface area (Å²) in [5.74, 6) is 0.425. The second-order valence-electron chi connectivity index (χ2n) is 8.31. The molecule has 1 fully saturated rings. The molecule has 1 aliphatic heterocycles. The molecule has 1 N–H and O–H groups in total. The quantitative estimate of drug-likeness (QED) is 0.462. The van der Waals surface area contributed by atoms with Gasteiger partial charge in [0, 0.05) is 62.5 Å². The number of methoxy groups -OCH3 is 2. The van der Waals surface area contributed by atoms with Crippen LogP contribution in [0.4, 0.5) is 4.39 Å². The van der Waals surface area contributed by atoms with Crippen LogP contribution in [-0.4, -0.2) is 83.3 Å². The molecular weight excluding hydrogens is 447 g/mol. The molecular formula is C23H26ClFN6O2. The van der Waals surface area contributed by atoms with Crippen molar-refractivity contribution in [3.63, 3.8) is 0 Å². The average molecular weight is 473 g/mol. The number of nitrogens with zero attached hydrogens (tertiary/aromatic N) is 5. The van der Waals surface area contributed by atoms with E-state index >= 15 is 0 Å². The first-order chi connectivity index (χ1) is 16.0. The number of aromatic nitrogens is 4. The van der Waals surface area contributed by atoms with Crippen molar-refractivity contribution in [2.45, 2.75) is 6.54 Å². The molecule has 10 heteroatoms. The molecule has 8 nitrogen and oxygen atoms in total. The normalized spacial score (nSPS) is 15.5. The van der Waals surface area contributed by atoms with E-state index in [0.717, 1.165) is 67.8 Å². The first kappa shape index (κ1) is 21.9. The minimum Gasteiger partial charge on any atom is -0.491 e. The summed E-state index contributed by atoms with van der Waals surface area (Å²) in [7, 11) is 5.32. The predicted molar refractivity (Wildman–Crippen MR) is 127 cm³/mol. The highest BCUT2D eigenvalue weighted by Gasteiger charge is 2.20. The number of fused-ring (bicyclic) bond motifs is 2. The van der Waals surface area contributed by atoms with Crippen LogP contribution in [0, 0.1) is 5.82 Å². The lowest BCUT2D eigenvalue weighted by Crippen LogP contribution is -2.45. The van der Waals surface area contributed by atoms with Gasteiger partial charge in [0.1, 0.15) is 11.2 Å². The first-order valence-corrected chi connectivity index (χ1v) is 11.2. The van der Waals surface area contributed by atoms with Crippen LogP contribution in [0.25, 0.3) is 33.3 Å². The zero-order valence-corrected chi connectivity index (χ0v) is 19.6. The van der Waals surface area contributed by atoms with E-state index in [1.165, 1.54) is 0 Å². The molecule has 174 valence electrons. The molecule has 0 unspecified atom stereocenters. The highest BCUT2D eigenvalue weighted by Crippen LogP contribution is 2.37. The fraction of sp³-hybridized carbons (Fsp3) is 0.391. The molecule has 0 radical (unpaired) electrons. The number of nitrogens with one attached hydrogen (secondary N) is 1. The van der Waals surface area contributed by atoms with Crippen molar-refractivity contribution >= 4 is 33.7 Å². The number of pyridine rings is 2. The molecule has 0 aliphatic carbocycles. The second-order valence-corrected chi connectivity index (χ2v) is 8.69. The monoisotopic (exact) mass is 472 g/mol. The Bertz CT molecular complexity index is 1310. The molecule has 0 atom stereocenters. The van der Waals surface area contributed by atoms with Crippen LogP contribution in [0.1, 0.15) is 0 Å². The van der Waals surface area contributed by atoms with Gasteiger partial charge < -0.3 is 23.9 Å². The van der Waals surface area contributed by atoms with E-state index in [2.05, 4.69) is 37.6 Å². The summed E-state index contributed by atoms with van der Waals surface area (Å²) in [6.45, 7) is 5.97. The molecule has 33 heavy (non-hydrogen) atoms. The minimum atomic E-state index is -0.547. The molecule has 0 aromatic carbocycles. The van der Waals surface area contributed by atoms with Crippen LogP contribution in [0.3, 0.4) is 0 Å². The van der Waals surface area contributed by atoms with Crippen LogP contribution in [0.5, 0.6) is 11.6 Å². The number of hydrogen-bond acceptors (Lipinski definition) is 6. The Morgan fingerprint density at radius 1 is 1.12 bits per heavy atom. The van der Waals surface area contributed by atoms with Crippen molar-refractivity contribution in [2.75, 3.05) is 54.0 Å². The summed E-state index contributed by atoms with van der Waals surface area (Å²) in [6.07, 6.45) is 3.18. The van der Waals surface area contributed by atoms with Gasteiger partial charge in [-0.05, 0) is 13.1 Å². The number of rotatable bonds is 6. The topological polar surface area (TPSA) is 71.4 Å². The number of aromatic amines is 1. The third-order valence-corrected chi connectivity index (χ3v) is 6.67. The fourth-order valence-electron chi connectivity index (χ4n) is 4.33. The Kier molecular flexibility index (Phi) is 5.86.